The minimum absolute atomic E-state index is 0.0307. The molecule has 0 amide bonds. The van der Waals surface area contributed by atoms with E-state index in [9.17, 15) is 14.4 Å². The highest BCUT2D eigenvalue weighted by atomic mass is 19.1. The molecule has 2 aromatic rings. The molecule has 1 aliphatic heterocycles. The molecule has 5 nitrogen and oxygen atoms in total. The number of ketones is 1. The summed E-state index contributed by atoms with van der Waals surface area (Å²) in [6.07, 6.45) is 5.02. The van der Waals surface area contributed by atoms with Gasteiger partial charge in [0.2, 0.25) is 5.88 Å². The maximum atomic E-state index is 13.2. The Bertz CT molecular complexity index is 1030. The number of aromatic nitrogens is 1. The molecule has 2 aliphatic rings. The van der Waals surface area contributed by atoms with Crippen molar-refractivity contribution >= 4 is 5.78 Å². The van der Waals surface area contributed by atoms with Gasteiger partial charge in [-0.15, -0.1) is 0 Å². The van der Waals surface area contributed by atoms with Gasteiger partial charge in [0.25, 0.3) is 0 Å². The van der Waals surface area contributed by atoms with E-state index < -0.39 is 5.92 Å². The summed E-state index contributed by atoms with van der Waals surface area (Å²) in [5, 5.41) is 9.62. The van der Waals surface area contributed by atoms with Crippen LogP contribution in [0.5, 0.6) is 0 Å². The van der Waals surface area contributed by atoms with Crippen LogP contribution in [0.2, 0.25) is 0 Å². The lowest BCUT2D eigenvalue weighted by Crippen LogP contribution is -2.27. The van der Waals surface area contributed by atoms with Crippen molar-refractivity contribution in [1.82, 2.24) is 4.98 Å². The zero-order valence-corrected chi connectivity index (χ0v) is 14.4. The van der Waals surface area contributed by atoms with Gasteiger partial charge in [-0.25, -0.2) is 4.39 Å². The zero-order chi connectivity index (χ0) is 19.0. The fourth-order valence-electron chi connectivity index (χ4n) is 3.61. The summed E-state index contributed by atoms with van der Waals surface area (Å²) in [5.41, 5.74) is 8.90. The number of carbonyl (C=O) groups excluding carboxylic acids is 1. The third kappa shape index (κ3) is 2.97. The van der Waals surface area contributed by atoms with Crippen LogP contribution in [0.4, 0.5) is 4.39 Å². The monoisotopic (exact) mass is 361 g/mol. The maximum absolute atomic E-state index is 13.2. The molecule has 6 heteroatoms. The number of nitriles is 1. The number of hydrogen-bond donors (Lipinski definition) is 1. The molecule has 0 bridgehead atoms. The van der Waals surface area contributed by atoms with E-state index in [1.54, 1.807) is 24.5 Å². The molecule has 1 aromatic carbocycles. The number of carbonyl (C=O) groups is 1. The van der Waals surface area contributed by atoms with Crippen LogP contribution in [0.3, 0.4) is 0 Å². The number of rotatable bonds is 2. The van der Waals surface area contributed by atoms with Crippen LogP contribution in [0, 0.1) is 17.1 Å². The van der Waals surface area contributed by atoms with Crippen molar-refractivity contribution in [2.75, 3.05) is 0 Å². The molecule has 27 heavy (non-hydrogen) atoms. The molecular formula is C21H16FN3O2. The summed E-state index contributed by atoms with van der Waals surface area (Å²) in [6.45, 7) is 0. The number of hydrogen-bond acceptors (Lipinski definition) is 5. The van der Waals surface area contributed by atoms with Crippen LogP contribution in [-0.4, -0.2) is 10.8 Å². The average molecular weight is 361 g/mol. The Hall–Kier alpha value is -3.46. The molecule has 0 spiro atoms. The molecule has 2 N–H and O–H groups in total. The van der Waals surface area contributed by atoms with Crippen LogP contribution < -0.4 is 5.73 Å². The van der Waals surface area contributed by atoms with Crippen molar-refractivity contribution in [3.05, 3.63) is 76.9 Å². The van der Waals surface area contributed by atoms with Crippen molar-refractivity contribution < 1.29 is 13.9 Å². The van der Waals surface area contributed by atoms with Crippen molar-refractivity contribution in [3.8, 4) is 17.2 Å². The summed E-state index contributed by atoms with van der Waals surface area (Å²) in [4.78, 5) is 16.9. The Balaban J connectivity index is 1.85. The largest absolute Gasteiger partial charge is 0.444 e. The van der Waals surface area contributed by atoms with E-state index in [1.807, 2.05) is 6.07 Å². The highest BCUT2D eigenvalue weighted by molar-refractivity contribution is 5.99. The Morgan fingerprint density at radius 3 is 2.70 bits per heavy atom. The van der Waals surface area contributed by atoms with E-state index >= 15 is 0 Å². The second-order valence-electron chi connectivity index (χ2n) is 6.55. The number of Topliss-reactive ketones (excluding diaryl/α,β-unsaturated/α-hetero) is 1. The predicted molar refractivity (Wildman–Crippen MR) is 96.2 cm³/mol. The molecule has 1 aromatic heterocycles. The molecule has 134 valence electrons. The number of allylic oxidation sites excluding steroid dienone is 3. The van der Waals surface area contributed by atoms with Gasteiger partial charge in [0, 0.05) is 36.4 Å². The first kappa shape index (κ1) is 17.0. The van der Waals surface area contributed by atoms with Crippen molar-refractivity contribution in [3.63, 3.8) is 0 Å². The van der Waals surface area contributed by atoms with Crippen LogP contribution >= 0.6 is 0 Å². The normalized spacial score (nSPS) is 19.4. The summed E-state index contributed by atoms with van der Waals surface area (Å²) in [5.74, 6) is -0.381. The smallest absolute Gasteiger partial charge is 0.205 e. The summed E-state index contributed by atoms with van der Waals surface area (Å²) >= 11 is 0. The van der Waals surface area contributed by atoms with Gasteiger partial charge < -0.3 is 10.5 Å². The van der Waals surface area contributed by atoms with E-state index in [2.05, 4.69) is 11.1 Å². The highest BCUT2D eigenvalue weighted by Gasteiger charge is 2.38. The Morgan fingerprint density at radius 2 is 1.96 bits per heavy atom. The Labute approximate surface area is 155 Å². The lowest BCUT2D eigenvalue weighted by Gasteiger charge is -2.30. The quantitative estimate of drug-likeness (QED) is 0.881. The summed E-state index contributed by atoms with van der Waals surface area (Å²) < 4.78 is 18.8. The molecule has 4 rings (SSSR count). The highest BCUT2D eigenvalue weighted by Crippen LogP contribution is 2.43. The molecular weight excluding hydrogens is 345 g/mol. The molecule has 1 atom stereocenters. The van der Waals surface area contributed by atoms with Gasteiger partial charge in [0.1, 0.15) is 23.2 Å². The molecule has 0 saturated heterocycles. The number of nitrogens with zero attached hydrogens (tertiary/aromatic N) is 2. The molecule has 2 heterocycles. The Morgan fingerprint density at radius 1 is 1.19 bits per heavy atom. The van der Waals surface area contributed by atoms with Crippen molar-refractivity contribution in [2.24, 2.45) is 5.73 Å². The first-order chi connectivity index (χ1) is 13.1. The predicted octanol–water partition coefficient (Wildman–Crippen LogP) is 3.70. The second-order valence-corrected chi connectivity index (χ2v) is 6.55. The minimum Gasteiger partial charge on any atom is -0.444 e. The third-order valence-corrected chi connectivity index (χ3v) is 4.88. The second kappa shape index (κ2) is 6.69. The van der Waals surface area contributed by atoms with Crippen LogP contribution in [0.1, 0.15) is 30.7 Å². The van der Waals surface area contributed by atoms with E-state index in [4.69, 9.17) is 10.5 Å². The first-order valence-corrected chi connectivity index (χ1v) is 8.63. The van der Waals surface area contributed by atoms with E-state index in [-0.39, 0.29) is 23.1 Å². The van der Waals surface area contributed by atoms with Crippen LogP contribution in [0.15, 0.2) is 65.5 Å². The molecule has 0 saturated carbocycles. The van der Waals surface area contributed by atoms with Gasteiger partial charge in [-0.3, -0.25) is 9.78 Å². The van der Waals surface area contributed by atoms with E-state index in [0.717, 1.165) is 11.1 Å². The molecule has 1 aliphatic carbocycles. The molecule has 0 fully saturated rings. The number of halogens is 1. The van der Waals surface area contributed by atoms with Gasteiger partial charge >= 0.3 is 0 Å². The van der Waals surface area contributed by atoms with Gasteiger partial charge in [-0.05, 0) is 35.7 Å². The first-order valence-electron chi connectivity index (χ1n) is 8.63. The lowest BCUT2D eigenvalue weighted by molar-refractivity contribution is -0.116. The van der Waals surface area contributed by atoms with Crippen LogP contribution in [-0.2, 0) is 9.53 Å². The maximum Gasteiger partial charge on any atom is 0.205 e. The molecule has 1 unspecified atom stereocenters. The van der Waals surface area contributed by atoms with Gasteiger partial charge in [0.15, 0.2) is 5.78 Å². The van der Waals surface area contributed by atoms with Crippen molar-refractivity contribution in [2.45, 2.75) is 25.2 Å². The third-order valence-electron chi connectivity index (χ3n) is 4.88. The summed E-state index contributed by atoms with van der Waals surface area (Å²) in [6, 6.07) is 10.0. The SMILES string of the molecule is N#CC1=C(N)OC2=C(C(=O)CCC2)C1c1cncc(-c2ccc(F)cc2)c1. The number of pyridine rings is 1. The number of benzene rings is 1. The Kier molecular flexibility index (Phi) is 4.21. The van der Waals surface area contributed by atoms with E-state index in [0.29, 0.717) is 36.2 Å². The summed E-state index contributed by atoms with van der Waals surface area (Å²) in [7, 11) is 0. The number of nitrogens with two attached hydrogens (primary N) is 1. The standard InChI is InChI=1S/C21H16FN3O2/c22-15-6-4-12(5-7-15)13-8-14(11-25-10-13)19-16(9-23)21(24)27-18-3-1-2-17(26)20(18)19/h4-8,10-11,19H,1-3,24H2. The fourth-order valence-corrected chi connectivity index (χ4v) is 3.61. The van der Waals surface area contributed by atoms with Crippen molar-refractivity contribution in [1.29, 1.82) is 5.26 Å². The minimum atomic E-state index is -0.598. The average Bonchev–Trinajstić information content (AvgIpc) is 2.68. The van der Waals surface area contributed by atoms with E-state index in [1.165, 1.54) is 12.1 Å². The lowest BCUT2D eigenvalue weighted by atomic mass is 9.78. The molecule has 0 radical (unpaired) electrons. The van der Waals surface area contributed by atoms with Crippen LogP contribution in [0.25, 0.3) is 11.1 Å². The van der Waals surface area contributed by atoms with Gasteiger partial charge in [0.05, 0.1) is 5.92 Å². The number of ether oxygens (including phenoxy) is 1. The van der Waals surface area contributed by atoms with Gasteiger partial charge in [-0.1, -0.05) is 12.1 Å². The topological polar surface area (TPSA) is 89.0 Å². The van der Waals surface area contributed by atoms with Gasteiger partial charge in [-0.2, -0.15) is 5.26 Å². The fraction of sp³-hybridized carbons (Fsp3) is 0.190. The zero-order valence-electron chi connectivity index (χ0n) is 14.4.